The molecule has 3 heterocycles. The van der Waals surface area contributed by atoms with Gasteiger partial charge in [-0.1, -0.05) is 120 Å². The minimum Gasteiger partial charge on any atom is -0.463 e. The zero-order valence-electron chi connectivity index (χ0n) is 27.3. The normalized spacial score (nSPS) is 14.5. The lowest BCUT2D eigenvalue weighted by molar-refractivity contribution is -0.139. The van der Waals surface area contributed by atoms with E-state index in [1.54, 1.807) is 11.5 Å². The van der Waals surface area contributed by atoms with E-state index < -0.39 is 12.0 Å². The van der Waals surface area contributed by atoms with E-state index in [2.05, 4.69) is 66.1 Å². The molecular formula is C41H35N3O3S. The van der Waals surface area contributed by atoms with Crippen molar-refractivity contribution in [1.29, 1.82) is 0 Å². The van der Waals surface area contributed by atoms with Crippen LogP contribution in [0, 0.1) is 13.8 Å². The number of nitrogens with zero attached hydrogens (tertiary/aromatic N) is 3. The molecule has 1 unspecified atom stereocenters. The van der Waals surface area contributed by atoms with E-state index in [1.165, 1.54) is 16.9 Å². The highest BCUT2D eigenvalue weighted by molar-refractivity contribution is 7.07. The van der Waals surface area contributed by atoms with E-state index in [4.69, 9.17) is 9.73 Å². The van der Waals surface area contributed by atoms with Crippen LogP contribution in [0.3, 0.4) is 0 Å². The summed E-state index contributed by atoms with van der Waals surface area (Å²) in [6.07, 6.45) is 1.97. The van der Waals surface area contributed by atoms with Gasteiger partial charge in [0.15, 0.2) is 4.80 Å². The fourth-order valence-electron chi connectivity index (χ4n) is 6.31. The Bertz CT molecular complexity index is 2350. The molecule has 0 fully saturated rings. The zero-order chi connectivity index (χ0) is 33.4. The van der Waals surface area contributed by atoms with Gasteiger partial charge in [-0.3, -0.25) is 9.36 Å². The lowest BCUT2D eigenvalue weighted by Crippen LogP contribution is -2.39. The minimum atomic E-state index is -0.659. The van der Waals surface area contributed by atoms with Crippen molar-refractivity contribution in [3.05, 3.63) is 168 Å². The number of thiazole rings is 1. The summed E-state index contributed by atoms with van der Waals surface area (Å²) < 4.78 is 9.93. The molecule has 0 amide bonds. The van der Waals surface area contributed by atoms with Crippen LogP contribution in [0.5, 0.6) is 0 Å². The van der Waals surface area contributed by atoms with Gasteiger partial charge in [-0.15, -0.1) is 0 Å². The molecule has 48 heavy (non-hydrogen) atoms. The summed E-state index contributed by atoms with van der Waals surface area (Å²) in [5, 5.41) is 0. The van der Waals surface area contributed by atoms with E-state index >= 15 is 0 Å². The maximum atomic E-state index is 14.5. The molecule has 0 aliphatic carbocycles. The second kappa shape index (κ2) is 12.9. The van der Waals surface area contributed by atoms with E-state index in [-0.39, 0.29) is 12.2 Å². The predicted molar refractivity (Wildman–Crippen MR) is 193 cm³/mol. The van der Waals surface area contributed by atoms with E-state index in [0.29, 0.717) is 20.6 Å². The molecule has 1 aliphatic rings. The highest BCUT2D eigenvalue weighted by Gasteiger charge is 2.33. The van der Waals surface area contributed by atoms with Crippen molar-refractivity contribution in [3.63, 3.8) is 0 Å². The Morgan fingerprint density at radius 3 is 2.06 bits per heavy atom. The summed E-state index contributed by atoms with van der Waals surface area (Å²) in [6.45, 7) is 7.91. The summed E-state index contributed by atoms with van der Waals surface area (Å²) >= 11 is 1.33. The molecule has 6 aromatic rings. The molecule has 7 rings (SSSR count). The Labute approximate surface area is 283 Å². The number of ether oxygens (including phenoxy) is 1. The Morgan fingerprint density at radius 1 is 0.833 bits per heavy atom. The lowest BCUT2D eigenvalue weighted by atomic mass is 9.95. The molecule has 6 nitrogen and oxygen atoms in total. The van der Waals surface area contributed by atoms with Crippen molar-refractivity contribution in [2.75, 3.05) is 6.61 Å². The van der Waals surface area contributed by atoms with Crippen LogP contribution >= 0.6 is 11.3 Å². The Kier molecular flexibility index (Phi) is 8.38. The molecule has 0 bridgehead atoms. The number of hydrogen-bond acceptors (Lipinski definition) is 5. The highest BCUT2D eigenvalue weighted by Crippen LogP contribution is 2.37. The van der Waals surface area contributed by atoms with E-state index in [1.807, 2.05) is 80.6 Å². The van der Waals surface area contributed by atoms with Gasteiger partial charge in [0, 0.05) is 11.3 Å². The summed E-state index contributed by atoms with van der Waals surface area (Å²) in [4.78, 5) is 33.2. The number of carbonyl (C=O) groups is 1. The maximum Gasteiger partial charge on any atom is 0.338 e. The third-order valence-electron chi connectivity index (χ3n) is 8.64. The zero-order valence-corrected chi connectivity index (χ0v) is 28.1. The van der Waals surface area contributed by atoms with Gasteiger partial charge < -0.3 is 9.30 Å². The number of carbonyl (C=O) groups excluding carboxylic acids is 1. The monoisotopic (exact) mass is 649 g/mol. The number of benzene rings is 4. The molecule has 4 aromatic carbocycles. The topological polar surface area (TPSA) is 65.6 Å². The van der Waals surface area contributed by atoms with Crippen LogP contribution in [0.1, 0.15) is 42.1 Å². The molecule has 238 valence electrons. The standard InChI is InChI=1S/C41H35N3O3S/c1-5-47-40(46)36-28(4)42-41-44(38(36)31-20-16-26(2)17-21-31)39(45)35(48-41)25-32-24-34(29-12-8-6-9-13-29)43(33-22-18-27(3)19-23-33)37(32)30-14-10-7-11-15-30/h6-25,38H,5H2,1-4H3/b35-25-. The van der Waals surface area contributed by atoms with Crippen LogP contribution < -0.4 is 14.9 Å². The third-order valence-corrected chi connectivity index (χ3v) is 9.62. The smallest absolute Gasteiger partial charge is 0.338 e. The lowest BCUT2D eigenvalue weighted by Gasteiger charge is -2.24. The second-order valence-corrected chi connectivity index (χ2v) is 13.0. The Balaban J connectivity index is 1.51. The number of hydrogen-bond donors (Lipinski definition) is 0. The second-order valence-electron chi connectivity index (χ2n) is 11.9. The SMILES string of the molecule is CCOC(=O)C1=C(C)N=c2s/c(=C\c3cc(-c4ccccc4)n(-c4ccc(C)cc4)c3-c3ccccc3)c(=O)n2C1c1ccc(C)cc1. The van der Waals surface area contributed by atoms with Crippen molar-refractivity contribution >= 4 is 23.4 Å². The fourth-order valence-corrected chi connectivity index (χ4v) is 7.35. The quantitative estimate of drug-likeness (QED) is 0.168. The first kappa shape index (κ1) is 31.1. The first-order valence-corrected chi connectivity index (χ1v) is 16.9. The highest BCUT2D eigenvalue weighted by atomic mass is 32.1. The maximum absolute atomic E-state index is 14.5. The number of aromatic nitrogens is 2. The van der Waals surface area contributed by atoms with Crippen LogP contribution in [0.4, 0.5) is 0 Å². The van der Waals surface area contributed by atoms with Gasteiger partial charge in [0.2, 0.25) is 0 Å². The average Bonchev–Trinajstić information content (AvgIpc) is 3.62. The van der Waals surface area contributed by atoms with Crippen molar-refractivity contribution in [3.8, 4) is 28.2 Å². The van der Waals surface area contributed by atoms with Crippen LogP contribution in [0.25, 0.3) is 34.3 Å². The van der Waals surface area contributed by atoms with E-state index in [9.17, 15) is 9.59 Å². The first-order chi connectivity index (χ1) is 23.3. The minimum absolute atomic E-state index is 0.206. The third kappa shape index (κ3) is 5.67. The molecule has 0 N–H and O–H groups in total. The summed E-state index contributed by atoms with van der Waals surface area (Å²) in [6, 6.07) is 38.5. The van der Waals surface area contributed by atoms with Gasteiger partial charge in [-0.2, -0.15) is 0 Å². The molecule has 1 atom stereocenters. The molecular weight excluding hydrogens is 615 g/mol. The van der Waals surface area contributed by atoms with Gasteiger partial charge in [0.05, 0.1) is 39.8 Å². The predicted octanol–water partition coefficient (Wildman–Crippen LogP) is 7.54. The fraction of sp³-hybridized carbons (Fsp3) is 0.146. The van der Waals surface area contributed by atoms with Gasteiger partial charge in [0.25, 0.3) is 5.56 Å². The van der Waals surface area contributed by atoms with E-state index in [0.717, 1.165) is 44.9 Å². The molecule has 0 spiro atoms. The summed E-state index contributed by atoms with van der Waals surface area (Å²) in [5.41, 5.74) is 9.80. The van der Waals surface area contributed by atoms with Crippen molar-refractivity contribution in [2.24, 2.45) is 4.99 Å². The Hall–Kier alpha value is -5.53. The van der Waals surface area contributed by atoms with Crippen LogP contribution in [0.15, 0.2) is 136 Å². The van der Waals surface area contributed by atoms with Crippen LogP contribution in [0.2, 0.25) is 0 Å². The first-order valence-electron chi connectivity index (χ1n) is 16.0. The van der Waals surface area contributed by atoms with Crippen LogP contribution in [-0.2, 0) is 9.53 Å². The van der Waals surface area contributed by atoms with Crippen molar-refractivity contribution in [2.45, 2.75) is 33.7 Å². The molecule has 0 saturated carbocycles. The summed E-state index contributed by atoms with van der Waals surface area (Å²) in [7, 11) is 0. The number of allylic oxidation sites excluding steroid dienone is 1. The molecule has 1 aliphatic heterocycles. The summed E-state index contributed by atoms with van der Waals surface area (Å²) in [5.74, 6) is -0.465. The number of aryl methyl sites for hydroxylation is 2. The molecule has 0 saturated heterocycles. The van der Waals surface area contributed by atoms with Crippen molar-refractivity contribution < 1.29 is 9.53 Å². The molecule has 0 radical (unpaired) electrons. The van der Waals surface area contributed by atoms with Gasteiger partial charge >= 0.3 is 5.97 Å². The average molecular weight is 650 g/mol. The Morgan fingerprint density at radius 2 is 1.44 bits per heavy atom. The van der Waals surface area contributed by atoms with Gasteiger partial charge in [-0.05, 0) is 68.7 Å². The van der Waals surface area contributed by atoms with Gasteiger partial charge in [-0.25, -0.2) is 9.79 Å². The van der Waals surface area contributed by atoms with Gasteiger partial charge in [0.1, 0.15) is 0 Å². The van der Waals surface area contributed by atoms with Crippen LogP contribution in [-0.4, -0.2) is 21.7 Å². The largest absolute Gasteiger partial charge is 0.463 e. The molecule has 7 heteroatoms. The number of esters is 1. The molecule has 2 aromatic heterocycles. The van der Waals surface area contributed by atoms with Crippen molar-refractivity contribution in [1.82, 2.24) is 9.13 Å². The number of fused-ring (bicyclic) bond motifs is 1. The number of rotatable bonds is 7.